The van der Waals surface area contributed by atoms with Crippen LogP contribution in [0, 0.1) is 17.7 Å². The number of piperidine rings is 1. The van der Waals surface area contributed by atoms with Crippen LogP contribution in [0.4, 0.5) is 4.39 Å². The van der Waals surface area contributed by atoms with Crippen LogP contribution in [0.3, 0.4) is 0 Å². The van der Waals surface area contributed by atoms with Gasteiger partial charge in [-0.05, 0) is 42.9 Å². The lowest BCUT2D eigenvalue weighted by Crippen LogP contribution is -2.42. The van der Waals surface area contributed by atoms with Crippen LogP contribution in [0.25, 0.3) is 0 Å². The molecule has 1 aliphatic rings. The van der Waals surface area contributed by atoms with Gasteiger partial charge < -0.3 is 10.0 Å². The fourth-order valence-electron chi connectivity index (χ4n) is 2.97. The quantitative estimate of drug-likeness (QED) is 0.910. The first-order valence-corrected chi connectivity index (χ1v) is 7.70. The lowest BCUT2D eigenvalue weighted by atomic mass is 9.95. The Morgan fingerprint density at radius 1 is 1.45 bits per heavy atom. The molecule has 0 aromatic heterocycles. The number of halogens is 1. The molecule has 1 fully saturated rings. The van der Waals surface area contributed by atoms with Gasteiger partial charge in [0.1, 0.15) is 5.82 Å². The zero-order valence-corrected chi connectivity index (χ0v) is 12.8. The minimum absolute atomic E-state index is 0.00477. The summed E-state index contributed by atoms with van der Waals surface area (Å²) >= 11 is 0. The van der Waals surface area contributed by atoms with Crippen LogP contribution in [-0.4, -0.2) is 35.0 Å². The first-order chi connectivity index (χ1) is 10.5. The van der Waals surface area contributed by atoms with Gasteiger partial charge >= 0.3 is 5.97 Å². The number of aliphatic carboxylic acids is 1. The molecule has 1 aliphatic heterocycles. The smallest absolute Gasteiger partial charge is 0.308 e. The molecule has 0 bridgehead atoms. The van der Waals surface area contributed by atoms with Crippen LogP contribution in [0.1, 0.15) is 31.7 Å². The van der Waals surface area contributed by atoms with E-state index < -0.39 is 11.9 Å². The molecule has 2 atom stereocenters. The molecule has 0 spiro atoms. The first kappa shape index (κ1) is 16.5. The van der Waals surface area contributed by atoms with E-state index in [-0.39, 0.29) is 17.6 Å². The molecule has 1 amide bonds. The largest absolute Gasteiger partial charge is 0.481 e. The Labute approximate surface area is 129 Å². The summed E-state index contributed by atoms with van der Waals surface area (Å²) in [5, 5.41) is 9.07. The highest BCUT2D eigenvalue weighted by Gasteiger charge is 2.28. The summed E-state index contributed by atoms with van der Waals surface area (Å²) < 4.78 is 13.2. The minimum Gasteiger partial charge on any atom is -0.481 e. The molecule has 2 rings (SSSR count). The topological polar surface area (TPSA) is 57.6 Å². The molecule has 0 aliphatic carbocycles. The molecule has 1 aromatic rings. The van der Waals surface area contributed by atoms with E-state index in [2.05, 4.69) is 0 Å². The molecule has 1 aromatic carbocycles. The Morgan fingerprint density at radius 2 is 2.23 bits per heavy atom. The Balaban J connectivity index is 1.86. The maximum absolute atomic E-state index is 13.2. The number of likely N-dealkylation sites (tertiary alicyclic amines) is 1. The van der Waals surface area contributed by atoms with Crippen molar-refractivity contribution in [1.29, 1.82) is 0 Å². The van der Waals surface area contributed by atoms with Gasteiger partial charge in [0.05, 0.1) is 5.92 Å². The first-order valence-electron chi connectivity index (χ1n) is 7.70. The maximum Gasteiger partial charge on any atom is 0.308 e. The monoisotopic (exact) mass is 307 g/mol. The fourth-order valence-corrected chi connectivity index (χ4v) is 2.97. The van der Waals surface area contributed by atoms with Crippen LogP contribution >= 0.6 is 0 Å². The predicted octanol–water partition coefficient (Wildman–Crippen LogP) is 2.72. The summed E-state index contributed by atoms with van der Waals surface area (Å²) in [6.45, 7) is 2.90. The van der Waals surface area contributed by atoms with Gasteiger partial charge in [0.15, 0.2) is 0 Å². The lowest BCUT2D eigenvalue weighted by molar-refractivity contribution is -0.145. The van der Waals surface area contributed by atoms with E-state index in [0.717, 1.165) is 12.0 Å². The third-order valence-corrected chi connectivity index (χ3v) is 4.12. The number of nitrogens with zero attached hydrogens (tertiary/aromatic N) is 1. The van der Waals surface area contributed by atoms with Gasteiger partial charge in [-0.15, -0.1) is 0 Å². The summed E-state index contributed by atoms with van der Waals surface area (Å²) in [7, 11) is 0. The van der Waals surface area contributed by atoms with E-state index in [9.17, 15) is 14.0 Å². The molecule has 1 saturated heterocycles. The summed E-state index contributed by atoms with van der Waals surface area (Å²) in [6, 6.07) is 6.41. The molecule has 4 nitrogen and oxygen atoms in total. The molecule has 1 N–H and O–H groups in total. The Kier molecular flexibility index (Phi) is 5.52. The number of rotatable bonds is 5. The van der Waals surface area contributed by atoms with Crippen LogP contribution in [0.15, 0.2) is 24.3 Å². The molecule has 0 radical (unpaired) electrons. The van der Waals surface area contributed by atoms with E-state index in [0.29, 0.717) is 32.4 Å². The normalized spacial score (nSPS) is 19.7. The number of carboxylic acids is 1. The second-order valence-electron chi connectivity index (χ2n) is 6.16. The van der Waals surface area contributed by atoms with Gasteiger partial charge in [-0.25, -0.2) is 4.39 Å². The van der Waals surface area contributed by atoms with Crippen LogP contribution in [0.2, 0.25) is 0 Å². The van der Waals surface area contributed by atoms with Crippen molar-refractivity contribution in [3.8, 4) is 0 Å². The van der Waals surface area contributed by atoms with Crippen molar-refractivity contribution in [3.63, 3.8) is 0 Å². The van der Waals surface area contributed by atoms with Gasteiger partial charge in [0, 0.05) is 19.5 Å². The van der Waals surface area contributed by atoms with E-state index >= 15 is 0 Å². The molecular weight excluding hydrogens is 285 g/mol. The summed E-state index contributed by atoms with van der Waals surface area (Å²) in [5.74, 6) is -1.45. The number of amides is 1. The summed E-state index contributed by atoms with van der Waals surface area (Å²) in [6.07, 6.45) is 2.38. The van der Waals surface area contributed by atoms with Crippen molar-refractivity contribution in [2.75, 3.05) is 13.1 Å². The molecular formula is C17H22FNO3. The van der Waals surface area contributed by atoms with Crippen LogP contribution in [0.5, 0.6) is 0 Å². The van der Waals surface area contributed by atoms with Crippen LogP contribution in [-0.2, 0) is 16.0 Å². The van der Waals surface area contributed by atoms with Crippen molar-refractivity contribution in [2.24, 2.45) is 11.8 Å². The standard InChI is InChI=1S/C17H22FNO3/c1-12(8-13-4-2-6-15(18)10-13)9-16(20)19-7-3-5-14(11-19)17(21)22/h2,4,6,10,12,14H,3,5,7-9,11H2,1H3,(H,21,22)/t12-,14+/m0/s1. The molecule has 0 unspecified atom stereocenters. The van der Waals surface area contributed by atoms with Crippen molar-refractivity contribution >= 4 is 11.9 Å². The number of carbonyl (C=O) groups is 2. The lowest BCUT2D eigenvalue weighted by Gasteiger charge is -2.31. The molecule has 0 saturated carbocycles. The van der Waals surface area contributed by atoms with Crippen molar-refractivity contribution < 1.29 is 19.1 Å². The number of carboxylic acid groups (broad SMARTS) is 1. The van der Waals surface area contributed by atoms with Crippen molar-refractivity contribution in [2.45, 2.75) is 32.6 Å². The Hall–Kier alpha value is -1.91. The van der Waals surface area contributed by atoms with Crippen molar-refractivity contribution in [3.05, 3.63) is 35.6 Å². The van der Waals surface area contributed by atoms with Gasteiger partial charge in [-0.3, -0.25) is 9.59 Å². The summed E-state index contributed by atoms with van der Waals surface area (Å²) in [4.78, 5) is 25.0. The van der Waals surface area contributed by atoms with Gasteiger partial charge in [0.2, 0.25) is 5.91 Å². The highest BCUT2D eigenvalue weighted by atomic mass is 19.1. The highest BCUT2D eigenvalue weighted by Crippen LogP contribution is 2.20. The van der Waals surface area contributed by atoms with Crippen LogP contribution < -0.4 is 0 Å². The van der Waals surface area contributed by atoms with Gasteiger partial charge in [0.25, 0.3) is 0 Å². The van der Waals surface area contributed by atoms with E-state index in [1.54, 1.807) is 11.0 Å². The SMILES string of the molecule is C[C@H](CC(=O)N1CCC[C@@H](C(=O)O)C1)Cc1cccc(F)c1. The fraction of sp³-hybridized carbons (Fsp3) is 0.529. The predicted molar refractivity (Wildman–Crippen MR) is 80.8 cm³/mol. The van der Waals surface area contributed by atoms with Crippen molar-refractivity contribution in [1.82, 2.24) is 4.90 Å². The average molecular weight is 307 g/mol. The van der Waals surface area contributed by atoms with E-state index in [1.807, 2.05) is 13.0 Å². The Morgan fingerprint density at radius 3 is 2.91 bits per heavy atom. The minimum atomic E-state index is -0.828. The molecule has 1 heterocycles. The number of hydrogen-bond acceptors (Lipinski definition) is 2. The third kappa shape index (κ3) is 4.55. The van der Waals surface area contributed by atoms with Gasteiger partial charge in [-0.1, -0.05) is 19.1 Å². The Bertz CT molecular complexity index is 546. The molecule has 22 heavy (non-hydrogen) atoms. The average Bonchev–Trinajstić information content (AvgIpc) is 2.47. The highest BCUT2D eigenvalue weighted by molar-refractivity contribution is 5.78. The molecule has 120 valence electrons. The zero-order valence-electron chi connectivity index (χ0n) is 12.8. The van der Waals surface area contributed by atoms with E-state index in [1.165, 1.54) is 12.1 Å². The third-order valence-electron chi connectivity index (χ3n) is 4.12. The zero-order chi connectivity index (χ0) is 16.1. The molecule has 5 heteroatoms. The summed E-state index contributed by atoms with van der Waals surface area (Å²) in [5.41, 5.74) is 0.877. The van der Waals surface area contributed by atoms with Gasteiger partial charge in [-0.2, -0.15) is 0 Å². The number of benzene rings is 1. The second kappa shape index (κ2) is 7.38. The van der Waals surface area contributed by atoms with E-state index in [4.69, 9.17) is 5.11 Å². The maximum atomic E-state index is 13.2. The number of carbonyl (C=O) groups excluding carboxylic acids is 1. The number of hydrogen-bond donors (Lipinski definition) is 1. The second-order valence-corrected chi connectivity index (χ2v) is 6.16.